The fourth-order valence-electron chi connectivity index (χ4n) is 2.52. The Bertz CT molecular complexity index is 640. The summed E-state index contributed by atoms with van der Waals surface area (Å²) >= 11 is 0. The van der Waals surface area contributed by atoms with Crippen LogP contribution in [0.1, 0.15) is 18.1 Å². The molecule has 0 saturated heterocycles. The number of rotatable bonds is 7. The van der Waals surface area contributed by atoms with Gasteiger partial charge in [-0.2, -0.15) is 0 Å². The molecule has 0 aliphatic heterocycles. The lowest BCUT2D eigenvalue weighted by Crippen LogP contribution is -2.35. The van der Waals surface area contributed by atoms with E-state index in [0.717, 1.165) is 17.5 Å². The largest absolute Gasteiger partial charge is 0.493 e. The Labute approximate surface area is 137 Å². The summed E-state index contributed by atoms with van der Waals surface area (Å²) in [6, 6.07) is 15.6. The Kier molecular flexibility index (Phi) is 6.03. The monoisotopic (exact) mass is 313 g/mol. The van der Waals surface area contributed by atoms with Crippen molar-refractivity contribution < 1.29 is 14.3 Å². The standard InChI is InChI=1S/C19H23NO3/c1-14(20-19(21)13-15-7-5-4-6-8-15)11-16-9-10-17(22-2)18(12-16)23-3/h4-10,12,14H,11,13H2,1-3H3,(H,20,21)/t14-/m1/s1. The molecule has 2 rings (SSSR count). The van der Waals surface area contributed by atoms with E-state index in [1.54, 1.807) is 14.2 Å². The van der Waals surface area contributed by atoms with Crippen molar-refractivity contribution in [1.82, 2.24) is 5.32 Å². The molecule has 0 aliphatic carbocycles. The fourth-order valence-corrected chi connectivity index (χ4v) is 2.52. The van der Waals surface area contributed by atoms with Gasteiger partial charge in [-0.3, -0.25) is 4.79 Å². The first-order chi connectivity index (χ1) is 11.1. The molecule has 0 saturated carbocycles. The maximum atomic E-state index is 12.1. The van der Waals surface area contributed by atoms with Crippen molar-refractivity contribution in [2.45, 2.75) is 25.8 Å². The molecule has 4 nitrogen and oxygen atoms in total. The van der Waals surface area contributed by atoms with E-state index in [4.69, 9.17) is 9.47 Å². The van der Waals surface area contributed by atoms with Gasteiger partial charge in [-0.1, -0.05) is 36.4 Å². The van der Waals surface area contributed by atoms with Gasteiger partial charge in [-0.15, -0.1) is 0 Å². The van der Waals surface area contributed by atoms with Crippen molar-refractivity contribution in [3.05, 3.63) is 59.7 Å². The third kappa shape index (κ3) is 5.02. The number of benzene rings is 2. The minimum absolute atomic E-state index is 0.0316. The van der Waals surface area contributed by atoms with Gasteiger partial charge in [-0.25, -0.2) is 0 Å². The van der Waals surface area contributed by atoms with Crippen LogP contribution in [0.4, 0.5) is 0 Å². The summed E-state index contributed by atoms with van der Waals surface area (Å²) in [5.41, 5.74) is 2.11. The van der Waals surface area contributed by atoms with Gasteiger partial charge in [-0.05, 0) is 36.6 Å². The molecule has 0 aromatic heterocycles. The number of methoxy groups -OCH3 is 2. The normalized spacial score (nSPS) is 11.6. The molecular formula is C19H23NO3. The molecule has 122 valence electrons. The van der Waals surface area contributed by atoms with Gasteiger partial charge in [0.2, 0.25) is 5.91 Å². The van der Waals surface area contributed by atoms with E-state index in [1.807, 2.05) is 55.5 Å². The molecule has 1 amide bonds. The van der Waals surface area contributed by atoms with Crippen LogP contribution in [0.3, 0.4) is 0 Å². The summed E-state index contributed by atoms with van der Waals surface area (Å²) in [5, 5.41) is 3.03. The first kappa shape index (κ1) is 16.9. The van der Waals surface area contributed by atoms with E-state index in [9.17, 15) is 4.79 Å². The summed E-state index contributed by atoms with van der Waals surface area (Å²) < 4.78 is 10.5. The molecule has 0 bridgehead atoms. The van der Waals surface area contributed by atoms with Crippen LogP contribution in [0.25, 0.3) is 0 Å². The molecule has 0 aliphatic rings. The molecular weight excluding hydrogens is 290 g/mol. The minimum Gasteiger partial charge on any atom is -0.493 e. The van der Waals surface area contributed by atoms with Crippen LogP contribution >= 0.6 is 0 Å². The smallest absolute Gasteiger partial charge is 0.224 e. The molecule has 0 heterocycles. The van der Waals surface area contributed by atoms with Gasteiger partial charge >= 0.3 is 0 Å². The maximum absolute atomic E-state index is 12.1. The van der Waals surface area contributed by atoms with Crippen molar-refractivity contribution in [3.63, 3.8) is 0 Å². The zero-order valence-corrected chi connectivity index (χ0v) is 13.8. The third-order valence-electron chi connectivity index (χ3n) is 3.60. The van der Waals surface area contributed by atoms with Crippen molar-refractivity contribution in [3.8, 4) is 11.5 Å². The highest BCUT2D eigenvalue weighted by atomic mass is 16.5. The van der Waals surface area contributed by atoms with Gasteiger partial charge in [0.15, 0.2) is 11.5 Å². The topological polar surface area (TPSA) is 47.6 Å². The molecule has 0 radical (unpaired) electrons. The van der Waals surface area contributed by atoms with Crippen LogP contribution in [-0.2, 0) is 17.6 Å². The SMILES string of the molecule is COc1ccc(C[C@@H](C)NC(=O)Cc2ccccc2)cc1OC. The zero-order chi connectivity index (χ0) is 16.7. The molecule has 0 fully saturated rings. The van der Waals surface area contributed by atoms with Crippen molar-refractivity contribution in [2.24, 2.45) is 0 Å². The summed E-state index contributed by atoms with van der Waals surface area (Å²) in [5.74, 6) is 1.44. The number of carbonyl (C=O) groups excluding carboxylic acids is 1. The quantitative estimate of drug-likeness (QED) is 0.855. The Morgan fingerprint density at radius 1 is 1.00 bits per heavy atom. The van der Waals surface area contributed by atoms with Crippen LogP contribution < -0.4 is 14.8 Å². The predicted octanol–water partition coefficient (Wildman–Crippen LogP) is 2.99. The van der Waals surface area contributed by atoms with Gasteiger partial charge in [0, 0.05) is 6.04 Å². The Morgan fingerprint density at radius 2 is 1.70 bits per heavy atom. The minimum atomic E-state index is 0.0316. The molecule has 0 spiro atoms. The molecule has 2 aromatic rings. The number of hydrogen-bond acceptors (Lipinski definition) is 3. The van der Waals surface area contributed by atoms with E-state index >= 15 is 0 Å². The van der Waals surface area contributed by atoms with Crippen LogP contribution in [-0.4, -0.2) is 26.2 Å². The van der Waals surface area contributed by atoms with E-state index < -0.39 is 0 Å². The highest BCUT2D eigenvalue weighted by molar-refractivity contribution is 5.78. The van der Waals surface area contributed by atoms with Crippen molar-refractivity contribution in [1.29, 1.82) is 0 Å². The first-order valence-corrected chi connectivity index (χ1v) is 7.66. The number of carbonyl (C=O) groups is 1. The van der Waals surface area contributed by atoms with Gasteiger partial charge < -0.3 is 14.8 Å². The summed E-state index contributed by atoms with van der Waals surface area (Å²) in [6.45, 7) is 2.00. The Morgan fingerprint density at radius 3 is 2.35 bits per heavy atom. The van der Waals surface area contributed by atoms with E-state index in [-0.39, 0.29) is 11.9 Å². The molecule has 4 heteroatoms. The van der Waals surface area contributed by atoms with E-state index in [1.165, 1.54) is 0 Å². The molecule has 1 atom stereocenters. The lowest BCUT2D eigenvalue weighted by atomic mass is 10.1. The summed E-state index contributed by atoms with van der Waals surface area (Å²) in [7, 11) is 3.23. The van der Waals surface area contributed by atoms with Crippen LogP contribution in [0.2, 0.25) is 0 Å². The fraction of sp³-hybridized carbons (Fsp3) is 0.316. The Hall–Kier alpha value is -2.49. The predicted molar refractivity (Wildman–Crippen MR) is 91.0 cm³/mol. The number of hydrogen-bond donors (Lipinski definition) is 1. The average Bonchev–Trinajstić information content (AvgIpc) is 2.55. The van der Waals surface area contributed by atoms with Crippen molar-refractivity contribution >= 4 is 5.91 Å². The second-order valence-corrected chi connectivity index (χ2v) is 5.52. The van der Waals surface area contributed by atoms with Crippen LogP contribution in [0.5, 0.6) is 11.5 Å². The highest BCUT2D eigenvalue weighted by Crippen LogP contribution is 2.27. The number of amides is 1. The third-order valence-corrected chi connectivity index (χ3v) is 3.60. The van der Waals surface area contributed by atoms with Crippen LogP contribution in [0, 0.1) is 0 Å². The van der Waals surface area contributed by atoms with Crippen molar-refractivity contribution in [2.75, 3.05) is 14.2 Å². The van der Waals surface area contributed by atoms with Gasteiger partial charge in [0.05, 0.1) is 20.6 Å². The summed E-state index contributed by atoms with van der Waals surface area (Å²) in [6.07, 6.45) is 1.14. The van der Waals surface area contributed by atoms with E-state index in [2.05, 4.69) is 5.32 Å². The summed E-state index contributed by atoms with van der Waals surface area (Å²) in [4.78, 5) is 12.1. The number of ether oxygens (including phenoxy) is 2. The maximum Gasteiger partial charge on any atom is 0.224 e. The van der Waals surface area contributed by atoms with Crippen LogP contribution in [0.15, 0.2) is 48.5 Å². The zero-order valence-electron chi connectivity index (χ0n) is 13.8. The highest BCUT2D eigenvalue weighted by Gasteiger charge is 2.11. The van der Waals surface area contributed by atoms with Gasteiger partial charge in [0.25, 0.3) is 0 Å². The lowest BCUT2D eigenvalue weighted by molar-refractivity contribution is -0.121. The molecule has 0 unspecified atom stereocenters. The lowest BCUT2D eigenvalue weighted by Gasteiger charge is -2.15. The molecule has 1 N–H and O–H groups in total. The second-order valence-electron chi connectivity index (χ2n) is 5.52. The average molecular weight is 313 g/mol. The molecule has 2 aromatic carbocycles. The Balaban J connectivity index is 1.91. The first-order valence-electron chi connectivity index (χ1n) is 7.66. The van der Waals surface area contributed by atoms with Gasteiger partial charge in [0.1, 0.15) is 0 Å². The second kappa shape index (κ2) is 8.22. The molecule has 23 heavy (non-hydrogen) atoms. The number of nitrogens with one attached hydrogen (secondary N) is 1. The van der Waals surface area contributed by atoms with E-state index in [0.29, 0.717) is 17.9 Å².